The molecule has 0 aliphatic carbocycles. The van der Waals surface area contributed by atoms with Gasteiger partial charge in [-0.05, 0) is 12.1 Å². The third-order valence-electron chi connectivity index (χ3n) is 2.03. The van der Waals surface area contributed by atoms with Gasteiger partial charge in [-0.15, -0.1) is 5.10 Å². The molecule has 0 aromatic carbocycles. The highest BCUT2D eigenvalue weighted by Gasteiger charge is 2.30. The van der Waals surface area contributed by atoms with E-state index in [4.69, 9.17) is 5.73 Å². The summed E-state index contributed by atoms with van der Waals surface area (Å²) in [6.07, 6.45) is -2.07. The second-order valence-corrected chi connectivity index (χ2v) is 3.21. The van der Waals surface area contributed by atoms with Crippen LogP contribution in [-0.4, -0.2) is 19.7 Å². The molecular formula is C9H8F3N5. The minimum Gasteiger partial charge on any atom is -0.324 e. The molecule has 0 unspecified atom stereocenters. The Morgan fingerprint density at radius 2 is 2.06 bits per heavy atom. The fraction of sp³-hybridized carbons (Fsp3) is 0.222. The maximum absolute atomic E-state index is 12.5. The quantitative estimate of drug-likeness (QED) is 0.858. The second-order valence-electron chi connectivity index (χ2n) is 3.21. The van der Waals surface area contributed by atoms with Crippen LogP contribution in [0.2, 0.25) is 0 Å². The zero-order valence-electron chi connectivity index (χ0n) is 8.52. The SMILES string of the molecule is NCc1ncn(-c2cc(C(F)(F)F)ccn2)n1. The molecule has 90 valence electrons. The van der Waals surface area contributed by atoms with Crippen LogP contribution in [0.4, 0.5) is 13.2 Å². The van der Waals surface area contributed by atoms with Crippen molar-refractivity contribution in [3.63, 3.8) is 0 Å². The summed E-state index contributed by atoms with van der Waals surface area (Å²) < 4.78 is 38.5. The first-order chi connectivity index (χ1) is 8.00. The average molecular weight is 243 g/mol. The number of alkyl halides is 3. The smallest absolute Gasteiger partial charge is 0.324 e. The van der Waals surface area contributed by atoms with Gasteiger partial charge in [0.05, 0.1) is 12.1 Å². The molecule has 0 atom stereocenters. The number of hydrogen-bond acceptors (Lipinski definition) is 4. The Morgan fingerprint density at radius 1 is 1.29 bits per heavy atom. The van der Waals surface area contributed by atoms with E-state index < -0.39 is 11.7 Å². The Kier molecular flexibility index (Phi) is 2.80. The molecule has 0 saturated heterocycles. The largest absolute Gasteiger partial charge is 0.416 e. The van der Waals surface area contributed by atoms with Crippen molar-refractivity contribution in [2.45, 2.75) is 12.7 Å². The van der Waals surface area contributed by atoms with Gasteiger partial charge in [0.25, 0.3) is 0 Å². The van der Waals surface area contributed by atoms with Crippen LogP contribution in [0.1, 0.15) is 11.4 Å². The van der Waals surface area contributed by atoms with Gasteiger partial charge in [0.2, 0.25) is 0 Å². The summed E-state index contributed by atoms with van der Waals surface area (Å²) in [5, 5.41) is 3.87. The summed E-state index contributed by atoms with van der Waals surface area (Å²) in [6.45, 7) is 0.117. The molecule has 17 heavy (non-hydrogen) atoms. The van der Waals surface area contributed by atoms with Crippen LogP contribution < -0.4 is 5.73 Å². The van der Waals surface area contributed by atoms with Crippen molar-refractivity contribution < 1.29 is 13.2 Å². The summed E-state index contributed by atoms with van der Waals surface area (Å²) in [5.41, 5.74) is 4.52. The lowest BCUT2D eigenvalue weighted by molar-refractivity contribution is -0.137. The molecule has 2 N–H and O–H groups in total. The maximum Gasteiger partial charge on any atom is 0.416 e. The van der Waals surface area contributed by atoms with Crippen LogP contribution in [-0.2, 0) is 12.7 Å². The number of aromatic nitrogens is 4. The van der Waals surface area contributed by atoms with E-state index >= 15 is 0 Å². The summed E-state index contributed by atoms with van der Waals surface area (Å²) in [7, 11) is 0. The maximum atomic E-state index is 12.5. The molecule has 0 radical (unpaired) electrons. The van der Waals surface area contributed by atoms with Crippen LogP contribution in [0.3, 0.4) is 0 Å². The predicted molar refractivity (Wildman–Crippen MR) is 52.0 cm³/mol. The molecule has 2 heterocycles. The van der Waals surface area contributed by atoms with Gasteiger partial charge in [-0.25, -0.2) is 14.6 Å². The lowest BCUT2D eigenvalue weighted by atomic mass is 10.2. The Labute approximate surface area is 94.1 Å². The van der Waals surface area contributed by atoms with Crippen molar-refractivity contribution in [3.05, 3.63) is 36.0 Å². The molecule has 2 aromatic rings. The van der Waals surface area contributed by atoms with Gasteiger partial charge in [0, 0.05) is 6.20 Å². The first kappa shape index (κ1) is 11.5. The molecule has 2 rings (SSSR count). The van der Waals surface area contributed by atoms with E-state index in [1.165, 1.54) is 6.33 Å². The Balaban J connectivity index is 2.39. The monoisotopic (exact) mass is 243 g/mol. The number of halogens is 3. The summed E-state index contributed by atoms with van der Waals surface area (Å²) in [6, 6.07) is 1.79. The standard InChI is InChI=1S/C9H8F3N5/c10-9(11,12)6-1-2-14-8(3-6)17-5-15-7(4-13)16-17/h1-3,5H,4,13H2. The molecule has 0 aliphatic rings. The van der Waals surface area contributed by atoms with Crippen LogP contribution in [0, 0.1) is 0 Å². The van der Waals surface area contributed by atoms with Gasteiger partial charge in [0.1, 0.15) is 6.33 Å². The number of rotatable bonds is 2. The lowest BCUT2D eigenvalue weighted by Crippen LogP contribution is -2.08. The van der Waals surface area contributed by atoms with E-state index in [2.05, 4.69) is 15.1 Å². The van der Waals surface area contributed by atoms with Crippen LogP contribution in [0.25, 0.3) is 5.82 Å². The topological polar surface area (TPSA) is 69.6 Å². The molecule has 0 aliphatic heterocycles. The number of pyridine rings is 1. The van der Waals surface area contributed by atoms with Crippen molar-refractivity contribution in [3.8, 4) is 5.82 Å². The van der Waals surface area contributed by atoms with E-state index in [1.807, 2.05) is 0 Å². The minimum atomic E-state index is -4.41. The van der Waals surface area contributed by atoms with E-state index in [9.17, 15) is 13.2 Å². The zero-order chi connectivity index (χ0) is 12.5. The minimum absolute atomic E-state index is 0.0482. The highest BCUT2D eigenvalue weighted by atomic mass is 19.4. The van der Waals surface area contributed by atoms with Gasteiger partial charge in [-0.1, -0.05) is 0 Å². The highest BCUT2D eigenvalue weighted by molar-refractivity contribution is 5.28. The van der Waals surface area contributed by atoms with Crippen molar-refractivity contribution in [2.75, 3.05) is 0 Å². The molecule has 5 nitrogen and oxygen atoms in total. The Hall–Kier alpha value is -1.96. The van der Waals surface area contributed by atoms with Gasteiger partial charge in [-0.2, -0.15) is 13.2 Å². The molecule has 8 heteroatoms. The van der Waals surface area contributed by atoms with Crippen molar-refractivity contribution in [1.82, 2.24) is 19.7 Å². The van der Waals surface area contributed by atoms with Crippen molar-refractivity contribution in [1.29, 1.82) is 0 Å². The molecule has 0 bridgehead atoms. The molecule has 0 fully saturated rings. The highest BCUT2D eigenvalue weighted by Crippen LogP contribution is 2.29. The Morgan fingerprint density at radius 3 is 2.65 bits per heavy atom. The molecule has 0 saturated carbocycles. The van der Waals surface area contributed by atoms with Crippen molar-refractivity contribution >= 4 is 0 Å². The number of nitrogens with two attached hydrogens (primary N) is 1. The fourth-order valence-corrected chi connectivity index (χ4v) is 1.22. The van der Waals surface area contributed by atoms with Crippen LogP contribution in [0.5, 0.6) is 0 Å². The van der Waals surface area contributed by atoms with Gasteiger partial charge >= 0.3 is 6.18 Å². The Bertz CT molecular complexity index is 519. The average Bonchev–Trinajstić information content (AvgIpc) is 2.76. The lowest BCUT2D eigenvalue weighted by Gasteiger charge is -2.07. The normalized spacial score (nSPS) is 11.8. The van der Waals surface area contributed by atoms with Crippen LogP contribution in [0.15, 0.2) is 24.7 Å². The predicted octanol–water partition coefficient (Wildman–Crippen LogP) is 1.14. The van der Waals surface area contributed by atoms with E-state index in [-0.39, 0.29) is 12.4 Å². The van der Waals surface area contributed by atoms with Crippen LogP contribution >= 0.6 is 0 Å². The van der Waals surface area contributed by atoms with Crippen molar-refractivity contribution in [2.24, 2.45) is 5.73 Å². The molecule has 2 aromatic heterocycles. The van der Waals surface area contributed by atoms with E-state index in [1.54, 1.807) is 0 Å². The zero-order valence-corrected chi connectivity index (χ0v) is 8.52. The third kappa shape index (κ3) is 2.41. The van der Waals surface area contributed by atoms with E-state index in [0.717, 1.165) is 23.0 Å². The fourth-order valence-electron chi connectivity index (χ4n) is 1.22. The van der Waals surface area contributed by atoms with E-state index in [0.29, 0.717) is 5.82 Å². The van der Waals surface area contributed by atoms with Gasteiger partial charge < -0.3 is 5.73 Å². The van der Waals surface area contributed by atoms with Gasteiger partial charge in [-0.3, -0.25) is 0 Å². The summed E-state index contributed by atoms with van der Waals surface area (Å²) in [5.74, 6) is 0.385. The summed E-state index contributed by atoms with van der Waals surface area (Å²) in [4.78, 5) is 7.60. The first-order valence-electron chi connectivity index (χ1n) is 4.65. The molecule has 0 amide bonds. The number of nitrogens with zero attached hydrogens (tertiary/aromatic N) is 4. The number of hydrogen-bond donors (Lipinski definition) is 1. The first-order valence-corrected chi connectivity index (χ1v) is 4.65. The third-order valence-corrected chi connectivity index (χ3v) is 2.03. The molecular weight excluding hydrogens is 235 g/mol. The summed E-state index contributed by atoms with van der Waals surface area (Å²) >= 11 is 0. The van der Waals surface area contributed by atoms with Gasteiger partial charge in [0.15, 0.2) is 11.6 Å². The molecule has 0 spiro atoms. The second kappa shape index (κ2) is 4.13.